The highest BCUT2D eigenvalue weighted by Gasteiger charge is 2.12. The van der Waals surface area contributed by atoms with Crippen LogP contribution in [0.15, 0.2) is 4.99 Å². The number of guanidine groups is 1. The van der Waals surface area contributed by atoms with Gasteiger partial charge in [-0.15, -0.1) is 0 Å². The lowest BCUT2D eigenvalue weighted by molar-refractivity contribution is 0.263. The number of nitrogens with two attached hydrogens (primary N) is 1. The topological polar surface area (TPSA) is 70.6 Å². The van der Waals surface area contributed by atoms with Gasteiger partial charge in [0.25, 0.3) is 0 Å². The average molecular weight is 199 g/mol. The molecule has 82 valence electrons. The largest absolute Gasteiger partial charge is 0.394 e. The first-order chi connectivity index (χ1) is 6.72. The van der Waals surface area contributed by atoms with Crippen molar-refractivity contribution >= 4 is 5.96 Å². The number of aliphatic hydroxyl groups excluding tert-OH is 1. The molecule has 0 radical (unpaired) electrons. The summed E-state index contributed by atoms with van der Waals surface area (Å²) in [5.41, 5.74) is 5.71. The third kappa shape index (κ3) is 3.96. The van der Waals surface area contributed by atoms with Crippen LogP contribution in [-0.2, 0) is 0 Å². The Morgan fingerprint density at radius 2 is 2.14 bits per heavy atom. The molecule has 0 amide bonds. The van der Waals surface area contributed by atoms with Gasteiger partial charge in [0, 0.05) is 6.04 Å². The SMILES string of the molecule is CC(CO)NC(N)=NC1CCCCC1. The molecule has 0 aromatic rings. The summed E-state index contributed by atoms with van der Waals surface area (Å²) in [4.78, 5) is 4.40. The van der Waals surface area contributed by atoms with E-state index in [0.717, 1.165) is 12.8 Å². The highest BCUT2D eigenvalue weighted by atomic mass is 16.3. The fourth-order valence-electron chi connectivity index (χ4n) is 1.74. The minimum Gasteiger partial charge on any atom is -0.394 e. The Labute approximate surface area is 85.6 Å². The van der Waals surface area contributed by atoms with Crippen LogP contribution < -0.4 is 11.1 Å². The summed E-state index contributed by atoms with van der Waals surface area (Å²) in [5, 5.41) is 11.8. The Morgan fingerprint density at radius 1 is 1.50 bits per heavy atom. The van der Waals surface area contributed by atoms with Crippen LogP contribution in [0.4, 0.5) is 0 Å². The average Bonchev–Trinajstić information content (AvgIpc) is 2.19. The molecule has 0 aromatic heterocycles. The van der Waals surface area contributed by atoms with E-state index in [1.807, 2.05) is 6.92 Å². The van der Waals surface area contributed by atoms with Crippen LogP contribution in [0.1, 0.15) is 39.0 Å². The van der Waals surface area contributed by atoms with E-state index in [1.54, 1.807) is 0 Å². The lowest BCUT2D eigenvalue weighted by atomic mass is 9.96. The molecule has 4 nitrogen and oxygen atoms in total. The Balaban J connectivity index is 2.33. The first kappa shape index (κ1) is 11.3. The van der Waals surface area contributed by atoms with Crippen molar-refractivity contribution in [1.29, 1.82) is 0 Å². The predicted molar refractivity (Wildman–Crippen MR) is 58.2 cm³/mol. The molecule has 0 saturated heterocycles. The maximum atomic E-state index is 8.82. The molecule has 1 rings (SSSR count). The van der Waals surface area contributed by atoms with Crippen LogP contribution in [0, 0.1) is 0 Å². The van der Waals surface area contributed by atoms with Gasteiger partial charge in [-0.25, -0.2) is 0 Å². The third-order valence-corrected chi connectivity index (χ3v) is 2.56. The molecule has 0 bridgehead atoms. The minimum atomic E-state index is -0.0117. The van der Waals surface area contributed by atoms with Gasteiger partial charge in [0.1, 0.15) is 0 Å². The molecule has 1 aliphatic rings. The maximum absolute atomic E-state index is 8.82. The van der Waals surface area contributed by atoms with Crippen molar-refractivity contribution in [3.05, 3.63) is 0 Å². The van der Waals surface area contributed by atoms with Crippen LogP contribution in [0.25, 0.3) is 0 Å². The van der Waals surface area contributed by atoms with Crippen molar-refractivity contribution < 1.29 is 5.11 Å². The van der Waals surface area contributed by atoms with E-state index in [-0.39, 0.29) is 12.6 Å². The van der Waals surface area contributed by atoms with Gasteiger partial charge in [-0.2, -0.15) is 0 Å². The molecule has 0 aliphatic heterocycles. The summed E-state index contributed by atoms with van der Waals surface area (Å²) in [6.07, 6.45) is 6.15. The fraction of sp³-hybridized carbons (Fsp3) is 0.900. The molecule has 0 heterocycles. The molecule has 1 aliphatic carbocycles. The standard InChI is InChI=1S/C10H21N3O/c1-8(7-14)12-10(11)13-9-5-3-2-4-6-9/h8-9,14H,2-7H2,1H3,(H3,11,12,13). The van der Waals surface area contributed by atoms with Gasteiger partial charge >= 0.3 is 0 Å². The highest BCUT2D eigenvalue weighted by molar-refractivity contribution is 5.78. The van der Waals surface area contributed by atoms with Gasteiger partial charge in [-0.05, 0) is 19.8 Å². The Morgan fingerprint density at radius 3 is 2.71 bits per heavy atom. The first-order valence-corrected chi connectivity index (χ1v) is 5.43. The second-order valence-electron chi connectivity index (χ2n) is 4.03. The van der Waals surface area contributed by atoms with Crippen LogP contribution in [0.3, 0.4) is 0 Å². The van der Waals surface area contributed by atoms with Crippen LogP contribution >= 0.6 is 0 Å². The highest BCUT2D eigenvalue weighted by Crippen LogP contribution is 2.19. The van der Waals surface area contributed by atoms with Crippen molar-refractivity contribution in [2.75, 3.05) is 6.61 Å². The number of hydrogen-bond acceptors (Lipinski definition) is 2. The maximum Gasteiger partial charge on any atom is 0.189 e. The van der Waals surface area contributed by atoms with Crippen molar-refractivity contribution in [1.82, 2.24) is 5.32 Å². The number of aliphatic hydroxyl groups is 1. The molecule has 4 heteroatoms. The molecular formula is C10H21N3O. The van der Waals surface area contributed by atoms with Gasteiger partial charge in [0.05, 0.1) is 12.6 Å². The summed E-state index contributed by atoms with van der Waals surface area (Å²) in [5.74, 6) is 0.471. The van der Waals surface area contributed by atoms with Gasteiger partial charge in [0.15, 0.2) is 5.96 Å². The zero-order valence-corrected chi connectivity index (χ0v) is 8.87. The van der Waals surface area contributed by atoms with Gasteiger partial charge < -0.3 is 16.2 Å². The van der Waals surface area contributed by atoms with Crippen molar-refractivity contribution in [2.45, 2.75) is 51.1 Å². The molecular weight excluding hydrogens is 178 g/mol. The molecule has 1 unspecified atom stereocenters. The molecule has 1 saturated carbocycles. The quantitative estimate of drug-likeness (QED) is 0.460. The fourth-order valence-corrected chi connectivity index (χ4v) is 1.74. The summed E-state index contributed by atoms with van der Waals surface area (Å²) >= 11 is 0. The van der Waals surface area contributed by atoms with Crippen LogP contribution in [0.2, 0.25) is 0 Å². The second-order valence-corrected chi connectivity index (χ2v) is 4.03. The predicted octanol–water partition coefficient (Wildman–Crippen LogP) is 0.604. The number of aliphatic imine (C=N–C) groups is 1. The van der Waals surface area contributed by atoms with E-state index in [4.69, 9.17) is 10.8 Å². The van der Waals surface area contributed by atoms with E-state index in [2.05, 4.69) is 10.3 Å². The Hall–Kier alpha value is -0.770. The van der Waals surface area contributed by atoms with Gasteiger partial charge in [-0.1, -0.05) is 19.3 Å². The van der Waals surface area contributed by atoms with Gasteiger partial charge in [-0.3, -0.25) is 4.99 Å². The number of hydrogen-bond donors (Lipinski definition) is 3. The van der Waals surface area contributed by atoms with E-state index in [0.29, 0.717) is 12.0 Å². The summed E-state index contributed by atoms with van der Waals surface area (Å²) in [6.45, 7) is 1.96. The summed E-state index contributed by atoms with van der Waals surface area (Å²) < 4.78 is 0. The Kier molecular flexibility index (Phi) is 4.73. The molecule has 14 heavy (non-hydrogen) atoms. The van der Waals surface area contributed by atoms with Crippen molar-refractivity contribution in [3.8, 4) is 0 Å². The molecule has 1 fully saturated rings. The number of rotatable bonds is 3. The van der Waals surface area contributed by atoms with Crippen molar-refractivity contribution in [2.24, 2.45) is 10.7 Å². The first-order valence-electron chi connectivity index (χ1n) is 5.43. The lowest BCUT2D eigenvalue weighted by Gasteiger charge is -2.19. The summed E-state index contributed by atoms with van der Waals surface area (Å²) in [6, 6.07) is 0.379. The molecule has 0 aromatic carbocycles. The monoisotopic (exact) mass is 199 g/mol. The molecule has 1 atom stereocenters. The van der Waals surface area contributed by atoms with Crippen molar-refractivity contribution in [3.63, 3.8) is 0 Å². The second kappa shape index (κ2) is 5.86. The van der Waals surface area contributed by atoms with E-state index < -0.39 is 0 Å². The molecule has 0 spiro atoms. The lowest BCUT2D eigenvalue weighted by Crippen LogP contribution is -2.41. The normalized spacial score (nSPS) is 22.0. The van der Waals surface area contributed by atoms with E-state index in [1.165, 1.54) is 19.3 Å². The zero-order valence-electron chi connectivity index (χ0n) is 8.87. The smallest absolute Gasteiger partial charge is 0.189 e. The molecule has 4 N–H and O–H groups in total. The zero-order chi connectivity index (χ0) is 10.4. The van der Waals surface area contributed by atoms with E-state index in [9.17, 15) is 0 Å². The van der Waals surface area contributed by atoms with Crippen LogP contribution in [-0.4, -0.2) is 29.8 Å². The van der Waals surface area contributed by atoms with Gasteiger partial charge in [0.2, 0.25) is 0 Å². The third-order valence-electron chi connectivity index (χ3n) is 2.56. The van der Waals surface area contributed by atoms with E-state index >= 15 is 0 Å². The van der Waals surface area contributed by atoms with Crippen LogP contribution in [0.5, 0.6) is 0 Å². The summed E-state index contributed by atoms with van der Waals surface area (Å²) in [7, 11) is 0. The number of nitrogens with zero attached hydrogens (tertiary/aromatic N) is 1. The Bertz CT molecular complexity index is 188. The number of nitrogens with one attached hydrogen (secondary N) is 1. The minimum absolute atomic E-state index is 0.0117.